The Morgan fingerprint density at radius 3 is 2.88 bits per heavy atom. The number of ether oxygens (including phenoxy) is 1. The molecule has 4 heteroatoms. The molecular formula is C22H30N2O2. The Labute approximate surface area is 156 Å². The number of carbonyl (C=O) groups is 1. The summed E-state index contributed by atoms with van der Waals surface area (Å²) in [6, 6.07) is 6.39. The van der Waals surface area contributed by atoms with Gasteiger partial charge in [0, 0.05) is 24.0 Å². The van der Waals surface area contributed by atoms with Crippen LogP contribution in [-0.4, -0.2) is 42.5 Å². The van der Waals surface area contributed by atoms with Gasteiger partial charge in [0.15, 0.2) is 0 Å². The highest BCUT2D eigenvalue weighted by Crippen LogP contribution is 2.49. The van der Waals surface area contributed by atoms with Gasteiger partial charge in [0.2, 0.25) is 0 Å². The van der Waals surface area contributed by atoms with Crippen LogP contribution in [0.2, 0.25) is 0 Å². The molecule has 0 spiro atoms. The number of hydrogen-bond donors (Lipinski definition) is 0. The predicted octanol–water partition coefficient (Wildman–Crippen LogP) is 3.93. The molecule has 0 saturated carbocycles. The summed E-state index contributed by atoms with van der Waals surface area (Å²) in [6.45, 7) is 4.74. The average molecular weight is 354 g/mol. The zero-order valence-electron chi connectivity index (χ0n) is 16.3. The van der Waals surface area contributed by atoms with Crippen molar-refractivity contribution in [3.8, 4) is 5.75 Å². The Kier molecular flexibility index (Phi) is 4.55. The van der Waals surface area contributed by atoms with Gasteiger partial charge < -0.3 is 14.2 Å². The third-order valence-electron chi connectivity index (χ3n) is 6.23. The minimum atomic E-state index is -0.273. The van der Waals surface area contributed by atoms with Gasteiger partial charge in [-0.05, 0) is 71.3 Å². The highest BCUT2D eigenvalue weighted by atomic mass is 16.5. The number of Topliss-reactive ketones (excluding diaryl/α,β-unsaturated/α-hetero) is 1. The maximum absolute atomic E-state index is 13.2. The molecule has 0 amide bonds. The summed E-state index contributed by atoms with van der Waals surface area (Å²) in [4.78, 5) is 15.4. The van der Waals surface area contributed by atoms with Crippen LogP contribution in [0.5, 0.6) is 5.75 Å². The SMILES string of the molecule is CCOc1cccc2c3c4n(c12)CCCC4(CCCN(C)C)C(=O)CC3. The van der Waals surface area contributed by atoms with E-state index in [4.69, 9.17) is 4.74 Å². The number of para-hydroxylation sites is 1. The number of hydrogen-bond acceptors (Lipinski definition) is 3. The Balaban J connectivity index is 1.88. The second kappa shape index (κ2) is 6.73. The van der Waals surface area contributed by atoms with Crippen LogP contribution >= 0.6 is 0 Å². The Morgan fingerprint density at radius 1 is 1.27 bits per heavy atom. The maximum Gasteiger partial charge on any atom is 0.145 e. The predicted molar refractivity (Wildman–Crippen MR) is 105 cm³/mol. The maximum atomic E-state index is 13.2. The first-order chi connectivity index (χ1) is 12.6. The van der Waals surface area contributed by atoms with E-state index in [0.29, 0.717) is 18.8 Å². The number of carbonyl (C=O) groups excluding carboxylic acids is 1. The topological polar surface area (TPSA) is 34.5 Å². The summed E-state index contributed by atoms with van der Waals surface area (Å²) < 4.78 is 8.40. The van der Waals surface area contributed by atoms with E-state index in [9.17, 15) is 4.79 Å². The first kappa shape index (κ1) is 17.6. The quantitative estimate of drug-likeness (QED) is 0.788. The molecule has 0 N–H and O–H groups in total. The minimum Gasteiger partial charge on any atom is -0.492 e. The molecule has 26 heavy (non-hydrogen) atoms. The van der Waals surface area contributed by atoms with E-state index < -0.39 is 0 Å². The zero-order chi connectivity index (χ0) is 18.3. The molecule has 0 fully saturated rings. The first-order valence-electron chi connectivity index (χ1n) is 10.0. The first-order valence-corrected chi connectivity index (χ1v) is 10.0. The van der Waals surface area contributed by atoms with E-state index in [0.717, 1.165) is 50.9 Å². The second-order valence-electron chi connectivity index (χ2n) is 8.08. The standard InChI is InChI=1S/C22H30N2O2/c1-4-26-18-9-5-8-16-17-10-11-19(25)22(12-6-14-23(2)3)13-7-15-24(20(16)18)21(17)22/h5,8-9H,4,6-7,10-15H2,1-3H3. The third kappa shape index (κ3) is 2.58. The number of aromatic nitrogens is 1. The summed E-state index contributed by atoms with van der Waals surface area (Å²) in [5.41, 5.74) is 3.67. The molecular weight excluding hydrogens is 324 g/mol. The van der Waals surface area contributed by atoms with Gasteiger partial charge >= 0.3 is 0 Å². The third-order valence-corrected chi connectivity index (χ3v) is 6.23. The van der Waals surface area contributed by atoms with Crippen LogP contribution in [-0.2, 0) is 23.2 Å². The van der Waals surface area contributed by atoms with Gasteiger partial charge in [-0.15, -0.1) is 0 Å². The molecule has 1 aliphatic carbocycles. The van der Waals surface area contributed by atoms with E-state index in [2.05, 4.69) is 41.8 Å². The fourth-order valence-electron chi connectivity index (χ4n) is 5.23. The van der Waals surface area contributed by atoms with Crippen LogP contribution in [0.3, 0.4) is 0 Å². The van der Waals surface area contributed by atoms with Crippen molar-refractivity contribution in [2.45, 2.75) is 57.4 Å². The van der Waals surface area contributed by atoms with Crippen LogP contribution in [0.4, 0.5) is 0 Å². The largest absolute Gasteiger partial charge is 0.492 e. The lowest BCUT2D eigenvalue weighted by Gasteiger charge is -2.41. The van der Waals surface area contributed by atoms with E-state index in [1.54, 1.807) is 0 Å². The molecule has 1 unspecified atom stereocenters. The van der Waals surface area contributed by atoms with Gasteiger partial charge in [-0.1, -0.05) is 12.1 Å². The molecule has 4 rings (SSSR count). The molecule has 2 aromatic rings. The summed E-state index contributed by atoms with van der Waals surface area (Å²) in [5, 5.41) is 1.30. The highest BCUT2D eigenvalue weighted by molar-refractivity contribution is 5.99. The van der Waals surface area contributed by atoms with Gasteiger partial charge in [-0.2, -0.15) is 0 Å². The van der Waals surface area contributed by atoms with Crippen molar-refractivity contribution in [3.63, 3.8) is 0 Å². The lowest BCUT2D eigenvalue weighted by Crippen LogP contribution is -2.44. The second-order valence-corrected chi connectivity index (χ2v) is 8.08. The molecule has 4 nitrogen and oxygen atoms in total. The zero-order valence-corrected chi connectivity index (χ0v) is 16.3. The Morgan fingerprint density at radius 2 is 2.12 bits per heavy atom. The number of aryl methyl sites for hydroxylation is 2. The molecule has 2 aliphatic rings. The van der Waals surface area contributed by atoms with Crippen molar-refractivity contribution in [1.82, 2.24) is 9.47 Å². The van der Waals surface area contributed by atoms with Crippen molar-refractivity contribution in [1.29, 1.82) is 0 Å². The van der Waals surface area contributed by atoms with Crippen LogP contribution in [0.25, 0.3) is 10.9 Å². The van der Waals surface area contributed by atoms with Crippen LogP contribution in [0.1, 0.15) is 50.3 Å². The molecule has 0 radical (unpaired) electrons. The van der Waals surface area contributed by atoms with Crippen LogP contribution in [0, 0.1) is 0 Å². The summed E-state index contributed by atoms with van der Waals surface area (Å²) >= 11 is 0. The highest BCUT2D eigenvalue weighted by Gasteiger charge is 2.48. The van der Waals surface area contributed by atoms with Crippen molar-refractivity contribution >= 4 is 16.7 Å². The monoisotopic (exact) mass is 354 g/mol. The van der Waals surface area contributed by atoms with Gasteiger partial charge in [0.25, 0.3) is 0 Å². The van der Waals surface area contributed by atoms with E-state index in [1.165, 1.54) is 22.2 Å². The van der Waals surface area contributed by atoms with Crippen molar-refractivity contribution < 1.29 is 9.53 Å². The van der Waals surface area contributed by atoms with Gasteiger partial charge in [-0.3, -0.25) is 4.79 Å². The summed E-state index contributed by atoms with van der Waals surface area (Å²) in [6.07, 6.45) is 5.68. The van der Waals surface area contributed by atoms with Crippen molar-refractivity contribution in [3.05, 3.63) is 29.5 Å². The average Bonchev–Trinajstić information content (AvgIpc) is 2.95. The van der Waals surface area contributed by atoms with Gasteiger partial charge in [-0.25, -0.2) is 0 Å². The van der Waals surface area contributed by atoms with E-state index in [1.807, 2.05) is 6.92 Å². The smallest absolute Gasteiger partial charge is 0.145 e. The van der Waals surface area contributed by atoms with E-state index in [-0.39, 0.29) is 5.41 Å². The fraction of sp³-hybridized carbons (Fsp3) is 0.591. The number of benzene rings is 1. The lowest BCUT2D eigenvalue weighted by molar-refractivity contribution is -0.126. The van der Waals surface area contributed by atoms with E-state index >= 15 is 0 Å². The molecule has 1 aromatic carbocycles. The molecule has 2 heterocycles. The number of nitrogens with zero attached hydrogens (tertiary/aromatic N) is 2. The van der Waals surface area contributed by atoms with Gasteiger partial charge in [0.05, 0.1) is 17.5 Å². The van der Waals surface area contributed by atoms with Crippen molar-refractivity contribution in [2.24, 2.45) is 0 Å². The summed E-state index contributed by atoms with van der Waals surface area (Å²) in [7, 11) is 4.22. The number of ketones is 1. The number of rotatable bonds is 6. The molecule has 1 aromatic heterocycles. The molecule has 0 saturated heterocycles. The minimum absolute atomic E-state index is 0.273. The normalized spacial score (nSPS) is 22.1. The Hall–Kier alpha value is -1.81. The van der Waals surface area contributed by atoms with Crippen molar-refractivity contribution in [2.75, 3.05) is 27.2 Å². The summed E-state index contributed by atoms with van der Waals surface area (Å²) in [5.74, 6) is 1.43. The van der Waals surface area contributed by atoms with Gasteiger partial charge in [0.1, 0.15) is 11.5 Å². The molecule has 0 bridgehead atoms. The van der Waals surface area contributed by atoms with Crippen LogP contribution in [0.15, 0.2) is 18.2 Å². The Bertz CT molecular complexity index is 836. The fourth-order valence-corrected chi connectivity index (χ4v) is 5.23. The molecule has 140 valence electrons. The molecule has 1 atom stereocenters. The number of fused-ring (bicyclic) bond motifs is 3. The molecule has 1 aliphatic heterocycles. The lowest BCUT2D eigenvalue weighted by atomic mass is 9.65. The van der Waals surface area contributed by atoms with Crippen LogP contribution < -0.4 is 4.74 Å².